The van der Waals surface area contributed by atoms with Gasteiger partial charge in [0.1, 0.15) is 0 Å². The molecule has 0 fully saturated rings. The van der Waals surface area contributed by atoms with Gasteiger partial charge in [0.15, 0.2) is 0 Å². The van der Waals surface area contributed by atoms with Crippen LogP contribution in [0.3, 0.4) is 0 Å². The van der Waals surface area contributed by atoms with Gasteiger partial charge in [0.05, 0.1) is 12.6 Å². The Morgan fingerprint density at radius 1 is 1.33 bits per heavy atom. The molecule has 1 amide bonds. The number of hydrogen-bond acceptors (Lipinski definition) is 3. The molecule has 0 bridgehead atoms. The number of aryl methyl sites for hydroxylation is 1. The second-order valence-corrected chi connectivity index (χ2v) is 5.99. The highest BCUT2D eigenvalue weighted by atomic mass is 16.5. The van der Waals surface area contributed by atoms with Crippen LogP contribution in [-0.4, -0.2) is 31.7 Å². The predicted molar refractivity (Wildman–Crippen MR) is 85.5 cm³/mol. The molecule has 0 aromatic heterocycles. The number of nitrogens with one attached hydrogen (secondary N) is 2. The van der Waals surface area contributed by atoms with Crippen LogP contribution in [0.2, 0.25) is 0 Å². The molecule has 1 aliphatic rings. The highest BCUT2D eigenvalue weighted by molar-refractivity contribution is 5.96. The quantitative estimate of drug-likeness (QED) is 0.759. The van der Waals surface area contributed by atoms with E-state index in [4.69, 9.17) is 4.74 Å². The molecule has 21 heavy (non-hydrogen) atoms. The summed E-state index contributed by atoms with van der Waals surface area (Å²) in [4.78, 5) is 12.2. The SMILES string of the molecule is CC(C)CCOCCNC1CCc2ccccc2NC1=O. The maximum absolute atomic E-state index is 12.2. The van der Waals surface area contributed by atoms with Crippen molar-refractivity contribution in [2.75, 3.05) is 25.1 Å². The van der Waals surface area contributed by atoms with Gasteiger partial charge >= 0.3 is 0 Å². The smallest absolute Gasteiger partial charge is 0.241 e. The van der Waals surface area contributed by atoms with Crippen LogP contribution in [0, 0.1) is 5.92 Å². The third kappa shape index (κ3) is 5.14. The van der Waals surface area contributed by atoms with Gasteiger partial charge in [-0.05, 0) is 36.8 Å². The number of para-hydroxylation sites is 1. The molecular weight excluding hydrogens is 264 g/mol. The summed E-state index contributed by atoms with van der Waals surface area (Å²) in [7, 11) is 0. The molecule has 116 valence electrons. The summed E-state index contributed by atoms with van der Waals surface area (Å²) >= 11 is 0. The van der Waals surface area contributed by atoms with Crippen molar-refractivity contribution in [1.29, 1.82) is 0 Å². The molecule has 0 spiro atoms. The number of ether oxygens (including phenoxy) is 1. The van der Waals surface area contributed by atoms with Crippen LogP contribution in [0.15, 0.2) is 24.3 Å². The lowest BCUT2D eigenvalue weighted by molar-refractivity contribution is -0.118. The van der Waals surface area contributed by atoms with Crippen molar-refractivity contribution in [2.45, 2.75) is 39.2 Å². The minimum Gasteiger partial charge on any atom is -0.380 e. The van der Waals surface area contributed by atoms with Crippen LogP contribution in [0.4, 0.5) is 5.69 Å². The average Bonchev–Trinajstić information content (AvgIpc) is 2.61. The summed E-state index contributed by atoms with van der Waals surface area (Å²) in [5.74, 6) is 0.728. The first kappa shape index (κ1) is 16.0. The van der Waals surface area contributed by atoms with Gasteiger partial charge in [0.2, 0.25) is 5.91 Å². The first-order valence-electron chi connectivity index (χ1n) is 7.86. The molecule has 1 aromatic carbocycles. The zero-order valence-electron chi connectivity index (χ0n) is 13.0. The molecular formula is C17H26N2O2. The molecule has 4 heteroatoms. The lowest BCUT2D eigenvalue weighted by atomic mass is 10.1. The molecule has 1 heterocycles. The van der Waals surface area contributed by atoms with Crippen molar-refractivity contribution in [1.82, 2.24) is 5.32 Å². The fourth-order valence-corrected chi connectivity index (χ4v) is 2.43. The van der Waals surface area contributed by atoms with Gasteiger partial charge in [0, 0.05) is 18.8 Å². The summed E-state index contributed by atoms with van der Waals surface area (Å²) < 4.78 is 5.57. The summed E-state index contributed by atoms with van der Waals surface area (Å²) in [5.41, 5.74) is 2.16. The zero-order chi connectivity index (χ0) is 15.1. The Hall–Kier alpha value is -1.39. The largest absolute Gasteiger partial charge is 0.380 e. The lowest BCUT2D eigenvalue weighted by Crippen LogP contribution is -2.41. The number of benzene rings is 1. The van der Waals surface area contributed by atoms with E-state index in [0.29, 0.717) is 19.1 Å². The van der Waals surface area contributed by atoms with Crippen molar-refractivity contribution in [3.05, 3.63) is 29.8 Å². The van der Waals surface area contributed by atoms with E-state index in [1.807, 2.05) is 18.2 Å². The molecule has 0 aliphatic carbocycles. The number of amides is 1. The number of hydrogen-bond donors (Lipinski definition) is 2. The Balaban J connectivity index is 1.72. The van der Waals surface area contributed by atoms with Gasteiger partial charge in [-0.3, -0.25) is 4.79 Å². The predicted octanol–water partition coefficient (Wildman–Crippen LogP) is 2.59. The Morgan fingerprint density at radius 2 is 2.14 bits per heavy atom. The van der Waals surface area contributed by atoms with E-state index in [2.05, 4.69) is 30.5 Å². The first-order valence-corrected chi connectivity index (χ1v) is 7.86. The third-order valence-corrected chi connectivity index (χ3v) is 3.77. The highest BCUT2D eigenvalue weighted by Crippen LogP contribution is 2.21. The minimum absolute atomic E-state index is 0.0575. The topological polar surface area (TPSA) is 50.4 Å². The monoisotopic (exact) mass is 290 g/mol. The molecule has 0 radical (unpaired) electrons. The van der Waals surface area contributed by atoms with Gasteiger partial charge in [-0.1, -0.05) is 32.0 Å². The van der Waals surface area contributed by atoms with E-state index < -0.39 is 0 Å². The number of rotatable bonds is 7. The lowest BCUT2D eigenvalue weighted by Gasteiger charge is -2.15. The molecule has 1 unspecified atom stereocenters. The van der Waals surface area contributed by atoms with Crippen LogP contribution < -0.4 is 10.6 Å². The molecule has 2 N–H and O–H groups in total. The molecule has 0 saturated carbocycles. The average molecular weight is 290 g/mol. The molecule has 2 rings (SSSR count). The van der Waals surface area contributed by atoms with E-state index in [1.165, 1.54) is 5.56 Å². The van der Waals surface area contributed by atoms with Crippen LogP contribution in [0.25, 0.3) is 0 Å². The molecule has 1 atom stereocenters. The first-order chi connectivity index (χ1) is 10.2. The molecule has 4 nitrogen and oxygen atoms in total. The van der Waals surface area contributed by atoms with Gasteiger partial charge in [-0.2, -0.15) is 0 Å². The number of fused-ring (bicyclic) bond motifs is 1. The van der Waals surface area contributed by atoms with E-state index in [-0.39, 0.29) is 11.9 Å². The Kier molecular flexibility index (Phi) is 6.21. The fourth-order valence-electron chi connectivity index (χ4n) is 2.43. The normalized spacial score (nSPS) is 18.2. The Labute approximate surface area is 127 Å². The summed E-state index contributed by atoms with van der Waals surface area (Å²) in [6.45, 7) is 6.54. The van der Waals surface area contributed by atoms with Gasteiger partial charge in [-0.15, -0.1) is 0 Å². The van der Waals surface area contributed by atoms with Crippen LogP contribution in [0.1, 0.15) is 32.3 Å². The second-order valence-electron chi connectivity index (χ2n) is 5.99. The maximum Gasteiger partial charge on any atom is 0.241 e. The summed E-state index contributed by atoms with van der Waals surface area (Å²) in [6.07, 6.45) is 2.83. The zero-order valence-corrected chi connectivity index (χ0v) is 13.0. The van der Waals surface area contributed by atoms with Crippen molar-refractivity contribution in [2.24, 2.45) is 5.92 Å². The van der Waals surface area contributed by atoms with Crippen molar-refractivity contribution in [3.63, 3.8) is 0 Å². The molecule has 1 aromatic rings. The standard InChI is InChI=1S/C17H26N2O2/c1-13(2)9-11-21-12-10-18-16-8-7-14-5-3-4-6-15(14)19-17(16)20/h3-6,13,16,18H,7-12H2,1-2H3,(H,19,20). The van der Waals surface area contributed by atoms with E-state index in [1.54, 1.807) is 0 Å². The number of anilines is 1. The van der Waals surface area contributed by atoms with Gasteiger partial charge in [0.25, 0.3) is 0 Å². The number of carbonyl (C=O) groups is 1. The molecule has 0 saturated heterocycles. The fraction of sp³-hybridized carbons (Fsp3) is 0.588. The van der Waals surface area contributed by atoms with Crippen molar-refractivity contribution in [3.8, 4) is 0 Å². The van der Waals surface area contributed by atoms with E-state index >= 15 is 0 Å². The van der Waals surface area contributed by atoms with Crippen LogP contribution in [0.5, 0.6) is 0 Å². The van der Waals surface area contributed by atoms with Gasteiger partial charge < -0.3 is 15.4 Å². The Morgan fingerprint density at radius 3 is 2.95 bits per heavy atom. The number of carbonyl (C=O) groups excluding carboxylic acids is 1. The Bertz CT molecular complexity index is 460. The van der Waals surface area contributed by atoms with Crippen molar-refractivity contribution < 1.29 is 9.53 Å². The van der Waals surface area contributed by atoms with E-state index in [0.717, 1.165) is 31.6 Å². The highest BCUT2D eigenvalue weighted by Gasteiger charge is 2.22. The van der Waals surface area contributed by atoms with Crippen molar-refractivity contribution >= 4 is 11.6 Å². The van der Waals surface area contributed by atoms with E-state index in [9.17, 15) is 4.79 Å². The summed E-state index contributed by atoms with van der Waals surface area (Å²) in [6, 6.07) is 7.88. The van der Waals surface area contributed by atoms with Gasteiger partial charge in [-0.25, -0.2) is 0 Å². The second kappa shape index (κ2) is 8.15. The summed E-state index contributed by atoms with van der Waals surface area (Å²) in [5, 5.41) is 6.29. The van der Waals surface area contributed by atoms with Crippen LogP contribution >= 0.6 is 0 Å². The van der Waals surface area contributed by atoms with Crippen LogP contribution in [-0.2, 0) is 16.0 Å². The molecule has 1 aliphatic heterocycles. The maximum atomic E-state index is 12.2. The minimum atomic E-state index is -0.133. The third-order valence-electron chi connectivity index (χ3n) is 3.77.